The molecule has 1 fully saturated rings. The number of ether oxygens (including phenoxy) is 1. The topological polar surface area (TPSA) is 83.0 Å². The number of halogens is 2. The highest BCUT2D eigenvalue weighted by Gasteiger charge is 2.25. The molecule has 0 spiro atoms. The minimum atomic E-state index is -2.91. The Hall–Kier alpha value is -2.71. The minimum Gasteiger partial charge on any atom is -0.434 e. The fourth-order valence-corrected chi connectivity index (χ4v) is 2.88. The Balaban J connectivity index is 1.99. The summed E-state index contributed by atoms with van der Waals surface area (Å²) < 4.78 is 29.7. The summed E-state index contributed by atoms with van der Waals surface area (Å²) in [6, 6.07) is 4.94. The zero-order valence-electron chi connectivity index (χ0n) is 16.1. The second kappa shape index (κ2) is 10.6. The summed E-state index contributed by atoms with van der Waals surface area (Å²) in [6.07, 6.45) is 1.38. The van der Waals surface area contributed by atoms with E-state index in [-0.39, 0.29) is 30.7 Å². The second-order valence-corrected chi connectivity index (χ2v) is 6.40. The second-order valence-electron chi connectivity index (χ2n) is 6.40. The molecule has 7 nitrogen and oxygen atoms in total. The lowest BCUT2D eigenvalue weighted by molar-refractivity contribution is -0.147. The Labute approximate surface area is 163 Å². The van der Waals surface area contributed by atoms with Gasteiger partial charge in [-0.25, -0.2) is 4.99 Å². The number of carbonyl (C=O) groups excluding carboxylic acids is 2. The van der Waals surface area contributed by atoms with Crippen LogP contribution in [0.15, 0.2) is 23.2 Å². The van der Waals surface area contributed by atoms with Crippen molar-refractivity contribution in [2.45, 2.75) is 46.3 Å². The van der Waals surface area contributed by atoms with E-state index in [1.54, 1.807) is 12.1 Å². The SMILES string of the molecule is CCNC(=NCc1cc(C)ccc1OC(F)F)NCCN1C(=O)CCCC1=O. The molecular formula is C19H26F2N4O3. The third-order valence-electron chi connectivity index (χ3n) is 4.20. The van der Waals surface area contributed by atoms with Gasteiger partial charge in [0.05, 0.1) is 6.54 Å². The summed E-state index contributed by atoms with van der Waals surface area (Å²) in [4.78, 5) is 29.3. The molecule has 2 amide bonds. The van der Waals surface area contributed by atoms with Crippen LogP contribution in [-0.4, -0.2) is 48.9 Å². The van der Waals surface area contributed by atoms with Gasteiger partial charge in [0.25, 0.3) is 0 Å². The maximum atomic E-state index is 12.6. The molecule has 0 unspecified atom stereocenters. The maximum Gasteiger partial charge on any atom is 0.387 e. The molecular weight excluding hydrogens is 370 g/mol. The summed E-state index contributed by atoms with van der Waals surface area (Å²) in [5.74, 6) is 0.232. The molecule has 1 aliphatic rings. The molecule has 154 valence electrons. The van der Waals surface area contributed by atoms with Gasteiger partial charge in [-0.05, 0) is 26.3 Å². The van der Waals surface area contributed by atoms with E-state index in [4.69, 9.17) is 0 Å². The van der Waals surface area contributed by atoms with Crippen molar-refractivity contribution < 1.29 is 23.1 Å². The van der Waals surface area contributed by atoms with Crippen LogP contribution < -0.4 is 15.4 Å². The Morgan fingerprint density at radius 1 is 1.25 bits per heavy atom. The van der Waals surface area contributed by atoms with E-state index in [0.29, 0.717) is 43.9 Å². The summed E-state index contributed by atoms with van der Waals surface area (Å²) in [6.45, 7) is 2.19. The Kier molecular flexibility index (Phi) is 8.16. The number of aryl methyl sites for hydroxylation is 1. The number of aliphatic imine (C=N–C) groups is 1. The number of guanidine groups is 1. The van der Waals surface area contributed by atoms with Crippen LogP contribution in [0.4, 0.5) is 8.78 Å². The highest BCUT2D eigenvalue weighted by Crippen LogP contribution is 2.22. The van der Waals surface area contributed by atoms with Crippen molar-refractivity contribution in [3.63, 3.8) is 0 Å². The van der Waals surface area contributed by atoms with Gasteiger partial charge in [-0.15, -0.1) is 0 Å². The Bertz CT molecular complexity index is 709. The normalized spacial score (nSPS) is 15.2. The molecule has 2 N–H and O–H groups in total. The predicted molar refractivity (Wildman–Crippen MR) is 101 cm³/mol. The maximum absolute atomic E-state index is 12.6. The van der Waals surface area contributed by atoms with Crippen LogP contribution in [0.2, 0.25) is 0 Å². The van der Waals surface area contributed by atoms with E-state index in [1.165, 1.54) is 11.0 Å². The number of imide groups is 1. The van der Waals surface area contributed by atoms with E-state index in [9.17, 15) is 18.4 Å². The van der Waals surface area contributed by atoms with Gasteiger partial charge in [-0.1, -0.05) is 17.7 Å². The molecule has 0 atom stereocenters. The molecule has 1 aromatic carbocycles. The molecule has 0 bridgehead atoms. The fourth-order valence-electron chi connectivity index (χ4n) is 2.88. The van der Waals surface area contributed by atoms with Crippen LogP contribution in [0.25, 0.3) is 0 Å². The first-order valence-electron chi connectivity index (χ1n) is 9.30. The zero-order valence-corrected chi connectivity index (χ0v) is 16.1. The van der Waals surface area contributed by atoms with Gasteiger partial charge in [0, 0.05) is 38.0 Å². The molecule has 1 heterocycles. The zero-order chi connectivity index (χ0) is 20.5. The Morgan fingerprint density at radius 2 is 1.96 bits per heavy atom. The van der Waals surface area contributed by atoms with E-state index >= 15 is 0 Å². The van der Waals surface area contributed by atoms with Crippen LogP contribution in [0.3, 0.4) is 0 Å². The lowest BCUT2D eigenvalue weighted by Crippen LogP contribution is -2.46. The molecule has 1 aliphatic heterocycles. The molecule has 0 aromatic heterocycles. The number of hydrogen-bond donors (Lipinski definition) is 2. The highest BCUT2D eigenvalue weighted by atomic mass is 19.3. The molecule has 0 radical (unpaired) electrons. The predicted octanol–water partition coefficient (Wildman–Crippen LogP) is 2.19. The van der Waals surface area contributed by atoms with E-state index in [1.807, 2.05) is 13.8 Å². The average Bonchev–Trinajstić information content (AvgIpc) is 2.63. The number of likely N-dealkylation sites (tertiary alicyclic amines) is 1. The van der Waals surface area contributed by atoms with Crippen LogP contribution in [0.1, 0.15) is 37.3 Å². The summed E-state index contributed by atoms with van der Waals surface area (Å²) in [7, 11) is 0. The number of amides is 2. The van der Waals surface area contributed by atoms with Gasteiger partial charge in [0.15, 0.2) is 5.96 Å². The highest BCUT2D eigenvalue weighted by molar-refractivity contribution is 5.97. The number of hydrogen-bond acceptors (Lipinski definition) is 4. The van der Waals surface area contributed by atoms with Gasteiger partial charge in [0.1, 0.15) is 5.75 Å². The largest absolute Gasteiger partial charge is 0.434 e. The van der Waals surface area contributed by atoms with Crippen molar-refractivity contribution in [1.82, 2.24) is 15.5 Å². The number of piperidine rings is 1. The van der Waals surface area contributed by atoms with Crippen LogP contribution in [0.5, 0.6) is 5.75 Å². The number of nitrogens with one attached hydrogen (secondary N) is 2. The third kappa shape index (κ3) is 6.47. The number of carbonyl (C=O) groups is 2. The van der Waals surface area contributed by atoms with Crippen molar-refractivity contribution in [2.24, 2.45) is 4.99 Å². The van der Waals surface area contributed by atoms with Crippen molar-refractivity contribution in [1.29, 1.82) is 0 Å². The first-order valence-corrected chi connectivity index (χ1v) is 9.30. The van der Waals surface area contributed by atoms with Crippen molar-refractivity contribution in [3.8, 4) is 5.75 Å². The lowest BCUT2D eigenvalue weighted by atomic mass is 10.1. The molecule has 1 saturated heterocycles. The van der Waals surface area contributed by atoms with Gasteiger partial charge in [-0.2, -0.15) is 8.78 Å². The number of rotatable bonds is 8. The van der Waals surface area contributed by atoms with Crippen LogP contribution in [0, 0.1) is 6.92 Å². The number of benzene rings is 1. The summed E-state index contributed by atoms with van der Waals surface area (Å²) in [5, 5.41) is 6.11. The van der Waals surface area contributed by atoms with Gasteiger partial charge in [0.2, 0.25) is 11.8 Å². The van der Waals surface area contributed by atoms with E-state index in [2.05, 4.69) is 20.4 Å². The average molecular weight is 396 g/mol. The molecule has 1 aromatic rings. The van der Waals surface area contributed by atoms with Gasteiger partial charge >= 0.3 is 6.61 Å². The summed E-state index contributed by atoms with van der Waals surface area (Å²) in [5.41, 5.74) is 1.45. The molecule has 2 rings (SSSR count). The molecule has 9 heteroatoms. The molecule has 0 aliphatic carbocycles. The molecule has 0 saturated carbocycles. The minimum absolute atomic E-state index is 0.0877. The number of alkyl halides is 2. The third-order valence-corrected chi connectivity index (χ3v) is 4.20. The monoisotopic (exact) mass is 396 g/mol. The standard InChI is InChI=1S/C19H26F2N4O3/c1-3-22-19(23-9-10-25-16(26)5-4-6-17(25)27)24-12-14-11-13(2)7-8-15(14)28-18(20)21/h7-8,11,18H,3-6,9-10,12H2,1-2H3,(H2,22,23,24). The Morgan fingerprint density at radius 3 is 2.61 bits per heavy atom. The van der Waals surface area contributed by atoms with Gasteiger partial charge in [-0.3, -0.25) is 14.5 Å². The van der Waals surface area contributed by atoms with Crippen LogP contribution >= 0.6 is 0 Å². The van der Waals surface area contributed by atoms with Crippen LogP contribution in [-0.2, 0) is 16.1 Å². The van der Waals surface area contributed by atoms with E-state index in [0.717, 1.165) is 5.56 Å². The molecule has 28 heavy (non-hydrogen) atoms. The van der Waals surface area contributed by atoms with Crippen molar-refractivity contribution >= 4 is 17.8 Å². The smallest absolute Gasteiger partial charge is 0.387 e. The lowest BCUT2D eigenvalue weighted by Gasteiger charge is -2.25. The van der Waals surface area contributed by atoms with Crippen molar-refractivity contribution in [3.05, 3.63) is 29.3 Å². The summed E-state index contributed by atoms with van der Waals surface area (Å²) >= 11 is 0. The van der Waals surface area contributed by atoms with Crippen molar-refractivity contribution in [2.75, 3.05) is 19.6 Å². The van der Waals surface area contributed by atoms with Gasteiger partial charge < -0.3 is 15.4 Å². The first kappa shape index (κ1) is 21.6. The van der Waals surface area contributed by atoms with E-state index < -0.39 is 6.61 Å². The first-order chi connectivity index (χ1) is 13.4. The quantitative estimate of drug-likeness (QED) is 0.400. The fraction of sp³-hybridized carbons (Fsp3) is 0.526. The number of nitrogens with zero attached hydrogens (tertiary/aromatic N) is 2.